The minimum absolute atomic E-state index is 0.0111. The Labute approximate surface area is 136 Å². The first-order valence-corrected chi connectivity index (χ1v) is 8.13. The molecule has 5 heteroatoms. The Hall–Kier alpha value is -2.27. The molecule has 5 nitrogen and oxygen atoms in total. The molecule has 0 bridgehead atoms. The van der Waals surface area contributed by atoms with E-state index in [4.69, 9.17) is 4.42 Å². The lowest BCUT2D eigenvalue weighted by Crippen LogP contribution is -2.41. The molecule has 0 unspecified atom stereocenters. The average molecular weight is 313 g/mol. The zero-order valence-corrected chi connectivity index (χ0v) is 13.3. The van der Waals surface area contributed by atoms with Gasteiger partial charge in [-0.05, 0) is 24.1 Å². The lowest BCUT2D eigenvalue weighted by atomic mass is 10.2. The molecule has 23 heavy (non-hydrogen) atoms. The van der Waals surface area contributed by atoms with Crippen molar-refractivity contribution in [2.75, 3.05) is 26.2 Å². The molecule has 1 aliphatic rings. The first-order chi connectivity index (χ1) is 11.3. The van der Waals surface area contributed by atoms with Gasteiger partial charge in [-0.15, -0.1) is 0 Å². The van der Waals surface area contributed by atoms with E-state index >= 15 is 0 Å². The number of nitrogens with zero attached hydrogens (tertiary/aromatic N) is 2. The van der Waals surface area contributed by atoms with Crippen LogP contribution in [0.3, 0.4) is 0 Å². The van der Waals surface area contributed by atoms with Crippen LogP contribution in [0.25, 0.3) is 0 Å². The normalized spacial score (nSPS) is 16.1. The molecule has 0 radical (unpaired) electrons. The van der Waals surface area contributed by atoms with Gasteiger partial charge >= 0.3 is 6.03 Å². The molecule has 3 rings (SSSR count). The van der Waals surface area contributed by atoms with Gasteiger partial charge in [0.15, 0.2) is 0 Å². The van der Waals surface area contributed by atoms with Crippen molar-refractivity contribution < 1.29 is 9.21 Å². The van der Waals surface area contributed by atoms with Crippen molar-refractivity contribution in [3.8, 4) is 0 Å². The number of nitrogens with one attached hydrogen (secondary N) is 1. The number of furan rings is 1. The smallest absolute Gasteiger partial charge is 0.317 e. The standard InChI is InChI=1S/C18H23N3O2/c22-18(19-14-17-8-4-13-23-17)21-10-5-9-20(11-12-21)15-16-6-2-1-3-7-16/h1-4,6-8,13H,5,9-12,14-15H2,(H,19,22). The number of hydrogen-bond acceptors (Lipinski definition) is 3. The van der Waals surface area contributed by atoms with Gasteiger partial charge in [0.05, 0.1) is 12.8 Å². The van der Waals surface area contributed by atoms with Crippen molar-refractivity contribution in [1.29, 1.82) is 0 Å². The van der Waals surface area contributed by atoms with Crippen LogP contribution in [0.1, 0.15) is 17.7 Å². The third kappa shape index (κ3) is 4.60. The monoisotopic (exact) mass is 313 g/mol. The second kappa shape index (κ2) is 7.83. The second-order valence-electron chi connectivity index (χ2n) is 5.84. The maximum atomic E-state index is 12.3. The van der Waals surface area contributed by atoms with Gasteiger partial charge in [-0.25, -0.2) is 4.79 Å². The summed E-state index contributed by atoms with van der Waals surface area (Å²) in [4.78, 5) is 16.6. The van der Waals surface area contributed by atoms with E-state index in [-0.39, 0.29) is 6.03 Å². The van der Waals surface area contributed by atoms with Crippen molar-refractivity contribution in [3.63, 3.8) is 0 Å². The number of carbonyl (C=O) groups is 1. The summed E-state index contributed by atoms with van der Waals surface area (Å²) in [6.07, 6.45) is 2.62. The predicted molar refractivity (Wildman–Crippen MR) is 88.9 cm³/mol. The summed E-state index contributed by atoms with van der Waals surface area (Å²) in [6, 6.07) is 14.2. The van der Waals surface area contributed by atoms with Gasteiger partial charge in [-0.2, -0.15) is 0 Å². The predicted octanol–water partition coefficient (Wildman–Crippen LogP) is 2.70. The Morgan fingerprint density at radius 3 is 2.70 bits per heavy atom. The molecule has 1 aromatic carbocycles. The third-order valence-electron chi connectivity index (χ3n) is 4.12. The summed E-state index contributed by atoms with van der Waals surface area (Å²) >= 11 is 0. The van der Waals surface area contributed by atoms with Crippen LogP contribution in [0.4, 0.5) is 4.79 Å². The van der Waals surface area contributed by atoms with Crippen LogP contribution in [0.15, 0.2) is 53.1 Å². The minimum Gasteiger partial charge on any atom is -0.467 e. The fourth-order valence-corrected chi connectivity index (χ4v) is 2.86. The topological polar surface area (TPSA) is 48.7 Å². The van der Waals surface area contributed by atoms with Crippen molar-refractivity contribution in [2.45, 2.75) is 19.5 Å². The molecular formula is C18H23N3O2. The third-order valence-corrected chi connectivity index (χ3v) is 4.12. The fourth-order valence-electron chi connectivity index (χ4n) is 2.86. The van der Waals surface area contributed by atoms with Crippen LogP contribution in [-0.4, -0.2) is 42.0 Å². The first-order valence-electron chi connectivity index (χ1n) is 8.13. The highest BCUT2D eigenvalue weighted by molar-refractivity contribution is 5.74. The van der Waals surface area contributed by atoms with E-state index in [2.05, 4.69) is 34.5 Å². The maximum Gasteiger partial charge on any atom is 0.317 e. The Bertz CT molecular complexity index is 598. The van der Waals surface area contributed by atoms with Gasteiger partial charge in [-0.1, -0.05) is 30.3 Å². The Morgan fingerprint density at radius 1 is 1.04 bits per heavy atom. The number of carbonyl (C=O) groups excluding carboxylic acids is 1. The summed E-state index contributed by atoms with van der Waals surface area (Å²) in [6.45, 7) is 4.88. The second-order valence-corrected chi connectivity index (χ2v) is 5.84. The molecule has 0 saturated carbocycles. The summed E-state index contributed by atoms with van der Waals surface area (Å²) in [5.41, 5.74) is 1.32. The molecule has 1 fully saturated rings. The van der Waals surface area contributed by atoms with E-state index in [1.165, 1.54) is 5.56 Å². The molecule has 1 saturated heterocycles. The van der Waals surface area contributed by atoms with E-state index in [1.54, 1.807) is 6.26 Å². The van der Waals surface area contributed by atoms with Crippen molar-refractivity contribution in [1.82, 2.24) is 15.1 Å². The quantitative estimate of drug-likeness (QED) is 0.944. The van der Waals surface area contributed by atoms with Gasteiger partial charge in [0, 0.05) is 32.7 Å². The largest absolute Gasteiger partial charge is 0.467 e. The zero-order valence-electron chi connectivity index (χ0n) is 13.3. The summed E-state index contributed by atoms with van der Waals surface area (Å²) < 4.78 is 5.24. The average Bonchev–Trinajstić information content (AvgIpc) is 2.99. The van der Waals surface area contributed by atoms with E-state index in [1.807, 2.05) is 23.1 Å². The zero-order chi connectivity index (χ0) is 15.9. The summed E-state index contributed by atoms with van der Waals surface area (Å²) in [5.74, 6) is 0.777. The van der Waals surface area contributed by atoms with E-state index in [0.29, 0.717) is 6.54 Å². The SMILES string of the molecule is O=C(NCc1ccco1)N1CCCN(Cc2ccccc2)CC1. The van der Waals surface area contributed by atoms with E-state index < -0.39 is 0 Å². The maximum absolute atomic E-state index is 12.3. The lowest BCUT2D eigenvalue weighted by molar-refractivity contribution is 0.196. The molecule has 2 aromatic rings. The fraction of sp³-hybridized carbons (Fsp3) is 0.389. The van der Waals surface area contributed by atoms with Crippen molar-refractivity contribution >= 4 is 6.03 Å². The van der Waals surface area contributed by atoms with Gasteiger partial charge in [0.1, 0.15) is 5.76 Å². The Balaban J connectivity index is 1.47. The van der Waals surface area contributed by atoms with Crippen LogP contribution in [0.5, 0.6) is 0 Å². The molecule has 0 atom stereocenters. The molecule has 0 aliphatic carbocycles. The highest BCUT2D eigenvalue weighted by atomic mass is 16.3. The van der Waals surface area contributed by atoms with Gasteiger partial charge in [0.25, 0.3) is 0 Å². The first kappa shape index (κ1) is 15.6. The number of hydrogen-bond donors (Lipinski definition) is 1. The number of benzene rings is 1. The van der Waals surface area contributed by atoms with Gasteiger partial charge in [0.2, 0.25) is 0 Å². The van der Waals surface area contributed by atoms with Crippen LogP contribution in [-0.2, 0) is 13.1 Å². The summed E-state index contributed by atoms with van der Waals surface area (Å²) in [5, 5.41) is 2.92. The number of urea groups is 1. The summed E-state index contributed by atoms with van der Waals surface area (Å²) in [7, 11) is 0. The van der Waals surface area contributed by atoms with E-state index in [9.17, 15) is 4.79 Å². The Morgan fingerprint density at radius 2 is 1.91 bits per heavy atom. The van der Waals surface area contributed by atoms with Crippen molar-refractivity contribution in [2.24, 2.45) is 0 Å². The molecule has 122 valence electrons. The number of amides is 2. The lowest BCUT2D eigenvalue weighted by Gasteiger charge is -2.22. The number of rotatable bonds is 4. The Kier molecular flexibility index (Phi) is 5.32. The molecule has 0 spiro atoms. The van der Waals surface area contributed by atoms with Crippen LogP contribution < -0.4 is 5.32 Å². The molecule has 2 heterocycles. The van der Waals surface area contributed by atoms with E-state index in [0.717, 1.165) is 44.9 Å². The molecule has 1 N–H and O–H groups in total. The highest BCUT2D eigenvalue weighted by Crippen LogP contribution is 2.09. The van der Waals surface area contributed by atoms with Crippen molar-refractivity contribution in [3.05, 3.63) is 60.1 Å². The van der Waals surface area contributed by atoms with Gasteiger partial charge in [-0.3, -0.25) is 4.90 Å². The molecular weight excluding hydrogens is 290 g/mol. The minimum atomic E-state index is -0.0111. The molecule has 1 aliphatic heterocycles. The molecule has 1 aromatic heterocycles. The highest BCUT2D eigenvalue weighted by Gasteiger charge is 2.19. The molecule has 2 amide bonds. The van der Waals surface area contributed by atoms with Crippen LogP contribution >= 0.6 is 0 Å². The van der Waals surface area contributed by atoms with Gasteiger partial charge < -0.3 is 14.6 Å². The van der Waals surface area contributed by atoms with Crippen LogP contribution in [0, 0.1) is 0 Å². The van der Waals surface area contributed by atoms with Crippen LogP contribution in [0.2, 0.25) is 0 Å².